The molecule has 2 aromatic rings. The van der Waals surface area contributed by atoms with Gasteiger partial charge in [-0.3, -0.25) is 14.6 Å². The minimum absolute atomic E-state index is 0.124. The molecule has 140 valence electrons. The predicted octanol–water partition coefficient (Wildman–Crippen LogP) is 3.22. The summed E-state index contributed by atoms with van der Waals surface area (Å²) in [6, 6.07) is 13.1. The van der Waals surface area contributed by atoms with Crippen molar-refractivity contribution >= 4 is 16.7 Å². The van der Waals surface area contributed by atoms with Crippen LogP contribution in [0.1, 0.15) is 24.8 Å². The van der Waals surface area contributed by atoms with E-state index < -0.39 is 5.97 Å². The average Bonchev–Trinajstić information content (AvgIpc) is 2.86. The number of ether oxygens (including phenoxy) is 1. The Kier molecular flexibility index (Phi) is 6.12. The van der Waals surface area contributed by atoms with Gasteiger partial charge in [0, 0.05) is 12.6 Å². The molecule has 0 aromatic heterocycles. The van der Waals surface area contributed by atoms with Gasteiger partial charge in [0.1, 0.15) is 5.75 Å². The minimum Gasteiger partial charge on any atom is -0.497 e. The Bertz CT molecular complexity index is 762. The lowest BCUT2D eigenvalue weighted by Crippen LogP contribution is -2.36. The highest BCUT2D eigenvalue weighted by Gasteiger charge is 2.21. The molecule has 1 aliphatic heterocycles. The van der Waals surface area contributed by atoms with Crippen LogP contribution >= 0.6 is 0 Å². The highest BCUT2D eigenvalue weighted by molar-refractivity contribution is 5.84. The van der Waals surface area contributed by atoms with Crippen molar-refractivity contribution in [2.75, 3.05) is 33.8 Å². The van der Waals surface area contributed by atoms with Gasteiger partial charge in [-0.2, -0.15) is 0 Å². The number of fused-ring (bicyclic) bond motifs is 1. The Morgan fingerprint density at radius 2 is 1.96 bits per heavy atom. The Balaban J connectivity index is 1.62. The first-order valence-electron chi connectivity index (χ1n) is 9.26. The maximum Gasteiger partial charge on any atom is 0.317 e. The van der Waals surface area contributed by atoms with E-state index in [4.69, 9.17) is 9.84 Å². The number of nitrogens with zero attached hydrogens (tertiary/aromatic N) is 2. The van der Waals surface area contributed by atoms with E-state index in [2.05, 4.69) is 35.2 Å². The van der Waals surface area contributed by atoms with Crippen LogP contribution in [0.25, 0.3) is 10.8 Å². The Morgan fingerprint density at radius 3 is 2.73 bits per heavy atom. The number of hydrogen-bond donors (Lipinski definition) is 1. The number of hydrogen-bond acceptors (Lipinski definition) is 4. The van der Waals surface area contributed by atoms with Crippen LogP contribution in [0.3, 0.4) is 0 Å². The number of aliphatic carboxylic acids is 1. The van der Waals surface area contributed by atoms with Gasteiger partial charge in [-0.25, -0.2) is 0 Å². The number of carboxylic acid groups (broad SMARTS) is 1. The SMILES string of the molecule is COc1ccc2cc(CN3CCCC(N(C)CC(=O)O)CC3)ccc2c1. The molecule has 1 unspecified atom stereocenters. The highest BCUT2D eigenvalue weighted by Crippen LogP contribution is 2.23. The van der Waals surface area contributed by atoms with Crippen molar-refractivity contribution in [1.82, 2.24) is 9.80 Å². The van der Waals surface area contributed by atoms with Crippen molar-refractivity contribution in [3.8, 4) is 5.75 Å². The van der Waals surface area contributed by atoms with E-state index in [-0.39, 0.29) is 6.54 Å². The molecule has 0 saturated carbocycles. The smallest absolute Gasteiger partial charge is 0.317 e. The Morgan fingerprint density at radius 1 is 1.19 bits per heavy atom. The van der Waals surface area contributed by atoms with Gasteiger partial charge in [0.05, 0.1) is 13.7 Å². The lowest BCUT2D eigenvalue weighted by Gasteiger charge is -2.25. The molecule has 1 fully saturated rings. The van der Waals surface area contributed by atoms with Crippen molar-refractivity contribution in [1.29, 1.82) is 0 Å². The number of likely N-dealkylation sites (tertiary alicyclic amines) is 1. The van der Waals surface area contributed by atoms with Gasteiger partial charge in [0.15, 0.2) is 0 Å². The number of carbonyl (C=O) groups is 1. The average molecular weight is 356 g/mol. The van der Waals surface area contributed by atoms with E-state index in [1.54, 1.807) is 7.11 Å². The molecule has 1 atom stereocenters. The first-order valence-corrected chi connectivity index (χ1v) is 9.26. The third kappa shape index (κ3) is 4.74. The zero-order valence-electron chi connectivity index (χ0n) is 15.6. The van der Waals surface area contributed by atoms with E-state index in [9.17, 15) is 4.79 Å². The third-order valence-corrected chi connectivity index (χ3v) is 5.32. The van der Waals surface area contributed by atoms with Crippen LogP contribution in [0, 0.1) is 0 Å². The van der Waals surface area contributed by atoms with Crippen molar-refractivity contribution in [3.05, 3.63) is 42.0 Å². The van der Waals surface area contributed by atoms with Crippen LogP contribution in [0.4, 0.5) is 0 Å². The summed E-state index contributed by atoms with van der Waals surface area (Å²) < 4.78 is 5.29. The summed E-state index contributed by atoms with van der Waals surface area (Å²) in [5.41, 5.74) is 1.32. The standard InChI is InChI=1S/C21H28N2O3/c1-22(15-21(24)25)19-4-3-10-23(11-9-19)14-16-5-6-18-13-20(26-2)8-7-17(18)12-16/h5-8,12-13,19H,3-4,9-11,14-15H2,1-2H3,(H,24,25). The third-order valence-electron chi connectivity index (χ3n) is 5.32. The van der Waals surface area contributed by atoms with E-state index in [0.29, 0.717) is 6.04 Å². The Labute approximate surface area is 155 Å². The molecule has 3 rings (SSSR count). The second-order valence-corrected chi connectivity index (χ2v) is 7.22. The summed E-state index contributed by atoms with van der Waals surface area (Å²) in [6.45, 7) is 3.14. The molecule has 0 aliphatic carbocycles. The van der Waals surface area contributed by atoms with Gasteiger partial charge in [-0.1, -0.05) is 18.2 Å². The quantitative estimate of drug-likeness (QED) is 0.861. The van der Waals surface area contributed by atoms with Crippen molar-refractivity contribution < 1.29 is 14.6 Å². The fourth-order valence-corrected chi connectivity index (χ4v) is 3.84. The molecule has 5 nitrogen and oxygen atoms in total. The molecule has 26 heavy (non-hydrogen) atoms. The van der Waals surface area contributed by atoms with Gasteiger partial charge in [-0.05, 0) is 73.9 Å². The maximum atomic E-state index is 10.9. The second-order valence-electron chi connectivity index (χ2n) is 7.22. The number of methoxy groups -OCH3 is 1. The summed E-state index contributed by atoms with van der Waals surface area (Å²) in [5.74, 6) is 0.135. The van der Waals surface area contributed by atoms with Crippen molar-refractivity contribution in [2.45, 2.75) is 31.8 Å². The zero-order valence-corrected chi connectivity index (χ0v) is 15.6. The number of rotatable bonds is 6. The number of likely N-dealkylation sites (N-methyl/N-ethyl adjacent to an activating group) is 1. The summed E-state index contributed by atoms with van der Waals surface area (Å²) >= 11 is 0. The largest absolute Gasteiger partial charge is 0.497 e. The molecular weight excluding hydrogens is 328 g/mol. The van der Waals surface area contributed by atoms with Crippen LogP contribution in [-0.2, 0) is 11.3 Å². The van der Waals surface area contributed by atoms with Gasteiger partial charge in [0.25, 0.3) is 0 Å². The second kappa shape index (κ2) is 8.52. The van der Waals surface area contributed by atoms with E-state index in [0.717, 1.165) is 44.6 Å². The highest BCUT2D eigenvalue weighted by atomic mass is 16.5. The topological polar surface area (TPSA) is 53.0 Å². The monoisotopic (exact) mass is 356 g/mol. The predicted molar refractivity (Wildman–Crippen MR) is 104 cm³/mol. The molecule has 0 bridgehead atoms. The van der Waals surface area contributed by atoms with Crippen LogP contribution in [0.15, 0.2) is 36.4 Å². The van der Waals surface area contributed by atoms with Crippen LogP contribution < -0.4 is 4.74 Å². The molecule has 1 heterocycles. The van der Waals surface area contributed by atoms with Crippen molar-refractivity contribution in [3.63, 3.8) is 0 Å². The fraction of sp³-hybridized carbons (Fsp3) is 0.476. The summed E-state index contributed by atoms with van der Waals surface area (Å²) in [4.78, 5) is 15.4. The van der Waals surface area contributed by atoms with Crippen LogP contribution in [0.5, 0.6) is 5.75 Å². The maximum absolute atomic E-state index is 10.9. The molecule has 2 aromatic carbocycles. The molecule has 0 amide bonds. The molecule has 0 spiro atoms. The lowest BCUT2D eigenvalue weighted by atomic mass is 10.1. The van der Waals surface area contributed by atoms with E-state index in [1.165, 1.54) is 16.3 Å². The molecular formula is C21H28N2O3. The van der Waals surface area contributed by atoms with Crippen molar-refractivity contribution in [2.24, 2.45) is 0 Å². The fourth-order valence-electron chi connectivity index (χ4n) is 3.84. The Hall–Kier alpha value is -2.11. The minimum atomic E-state index is -0.749. The first-order chi connectivity index (χ1) is 12.5. The van der Waals surface area contributed by atoms with Gasteiger partial charge in [-0.15, -0.1) is 0 Å². The van der Waals surface area contributed by atoms with Gasteiger partial charge >= 0.3 is 5.97 Å². The molecule has 1 N–H and O–H groups in total. The van der Waals surface area contributed by atoms with Gasteiger partial charge < -0.3 is 9.84 Å². The van der Waals surface area contributed by atoms with Crippen LogP contribution in [0.2, 0.25) is 0 Å². The number of benzene rings is 2. The number of carboxylic acids is 1. The van der Waals surface area contributed by atoms with Gasteiger partial charge in [0.2, 0.25) is 0 Å². The summed E-state index contributed by atoms with van der Waals surface area (Å²) in [5, 5.41) is 11.4. The zero-order chi connectivity index (χ0) is 18.5. The molecule has 0 radical (unpaired) electrons. The van der Waals surface area contributed by atoms with E-state index >= 15 is 0 Å². The van der Waals surface area contributed by atoms with Crippen LogP contribution in [-0.4, -0.2) is 60.7 Å². The summed E-state index contributed by atoms with van der Waals surface area (Å²) in [7, 11) is 3.61. The van der Waals surface area contributed by atoms with E-state index in [1.807, 2.05) is 18.0 Å². The first kappa shape index (κ1) is 18.7. The molecule has 5 heteroatoms. The molecule has 1 saturated heterocycles. The normalized spacial score (nSPS) is 18.8. The molecule has 1 aliphatic rings. The lowest BCUT2D eigenvalue weighted by molar-refractivity contribution is -0.138. The summed E-state index contributed by atoms with van der Waals surface area (Å²) in [6.07, 6.45) is 3.20.